The molecule has 0 aromatic rings. The van der Waals surface area contributed by atoms with E-state index in [0.29, 0.717) is 13.0 Å². The van der Waals surface area contributed by atoms with E-state index in [9.17, 15) is 9.59 Å². The maximum absolute atomic E-state index is 12.1. The van der Waals surface area contributed by atoms with Gasteiger partial charge in [-0.1, -0.05) is 27.2 Å². The van der Waals surface area contributed by atoms with Gasteiger partial charge in [-0.15, -0.1) is 0 Å². The zero-order chi connectivity index (χ0) is 15.6. The fourth-order valence-electron chi connectivity index (χ4n) is 2.52. The highest BCUT2D eigenvalue weighted by Crippen LogP contribution is 2.52. The summed E-state index contributed by atoms with van der Waals surface area (Å²) < 4.78 is 10.7. The number of hydrogen-bond donors (Lipinski definition) is 0. The molecule has 20 heavy (non-hydrogen) atoms. The third-order valence-corrected chi connectivity index (χ3v) is 3.99. The van der Waals surface area contributed by atoms with Crippen molar-refractivity contribution in [2.75, 3.05) is 6.61 Å². The van der Waals surface area contributed by atoms with Crippen molar-refractivity contribution in [2.24, 2.45) is 17.3 Å². The Bertz CT molecular complexity index is 365. The van der Waals surface area contributed by atoms with E-state index < -0.39 is 5.60 Å². The first-order valence-electron chi connectivity index (χ1n) is 7.49. The maximum Gasteiger partial charge on any atom is 0.310 e. The molecule has 4 nitrogen and oxygen atoms in total. The molecule has 0 bridgehead atoms. The first-order valence-corrected chi connectivity index (χ1v) is 7.49. The molecule has 1 saturated carbocycles. The number of carbonyl (C=O) groups is 2. The fourth-order valence-corrected chi connectivity index (χ4v) is 2.52. The highest BCUT2D eigenvalue weighted by atomic mass is 16.6. The molecule has 0 aromatic carbocycles. The van der Waals surface area contributed by atoms with Crippen LogP contribution < -0.4 is 0 Å². The Morgan fingerprint density at radius 1 is 1.15 bits per heavy atom. The molecule has 0 aliphatic heterocycles. The monoisotopic (exact) mass is 284 g/mol. The topological polar surface area (TPSA) is 52.6 Å². The zero-order valence-corrected chi connectivity index (χ0v) is 13.6. The quantitative estimate of drug-likeness (QED) is 0.574. The molecule has 4 heteroatoms. The molecule has 1 rings (SSSR count). The average Bonchev–Trinajstić information content (AvgIpc) is 2.25. The van der Waals surface area contributed by atoms with Gasteiger partial charge in [-0.25, -0.2) is 0 Å². The van der Waals surface area contributed by atoms with Crippen molar-refractivity contribution >= 4 is 11.9 Å². The van der Waals surface area contributed by atoms with Crippen molar-refractivity contribution in [3.8, 4) is 0 Å². The largest absolute Gasteiger partial charge is 0.465 e. The molecule has 0 radical (unpaired) electrons. The summed E-state index contributed by atoms with van der Waals surface area (Å²) in [5.74, 6) is -0.800. The molecule has 2 atom stereocenters. The molecular formula is C16H28O4. The van der Waals surface area contributed by atoms with Crippen molar-refractivity contribution in [1.29, 1.82) is 0 Å². The van der Waals surface area contributed by atoms with Crippen LogP contribution in [0, 0.1) is 17.3 Å². The van der Waals surface area contributed by atoms with E-state index in [2.05, 4.69) is 6.92 Å². The van der Waals surface area contributed by atoms with Gasteiger partial charge in [-0.05, 0) is 39.0 Å². The summed E-state index contributed by atoms with van der Waals surface area (Å²) in [5, 5.41) is 0. The van der Waals surface area contributed by atoms with Gasteiger partial charge in [0.15, 0.2) is 0 Å². The van der Waals surface area contributed by atoms with Gasteiger partial charge in [0.25, 0.3) is 0 Å². The van der Waals surface area contributed by atoms with Crippen LogP contribution in [0.4, 0.5) is 0 Å². The number of ether oxygens (including phenoxy) is 2. The number of carbonyl (C=O) groups excluding carboxylic acids is 2. The summed E-state index contributed by atoms with van der Waals surface area (Å²) in [6, 6.07) is 0. The van der Waals surface area contributed by atoms with Gasteiger partial charge in [0.1, 0.15) is 5.60 Å². The second-order valence-electron chi connectivity index (χ2n) is 7.22. The fraction of sp³-hybridized carbons (Fsp3) is 0.875. The van der Waals surface area contributed by atoms with Crippen LogP contribution in [-0.2, 0) is 19.1 Å². The van der Waals surface area contributed by atoms with Gasteiger partial charge in [0, 0.05) is 0 Å². The number of esters is 2. The maximum atomic E-state index is 12.1. The average molecular weight is 284 g/mol. The molecule has 0 spiro atoms. The lowest BCUT2D eigenvalue weighted by atomic mass is 9.54. The minimum Gasteiger partial charge on any atom is -0.465 e. The van der Waals surface area contributed by atoms with Gasteiger partial charge in [-0.2, -0.15) is 0 Å². The van der Waals surface area contributed by atoms with Crippen LogP contribution in [0.25, 0.3) is 0 Å². The first kappa shape index (κ1) is 17.0. The Morgan fingerprint density at radius 2 is 1.70 bits per heavy atom. The van der Waals surface area contributed by atoms with E-state index in [4.69, 9.17) is 9.47 Å². The van der Waals surface area contributed by atoms with Gasteiger partial charge in [-0.3, -0.25) is 9.59 Å². The predicted molar refractivity (Wildman–Crippen MR) is 77.1 cm³/mol. The van der Waals surface area contributed by atoms with E-state index in [1.165, 1.54) is 0 Å². The van der Waals surface area contributed by atoms with Crippen LogP contribution in [-0.4, -0.2) is 24.1 Å². The molecule has 1 fully saturated rings. The summed E-state index contributed by atoms with van der Waals surface area (Å²) in [4.78, 5) is 24.1. The van der Waals surface area contributed by atoms with Gasteiger partial charge in [0.2, 0.25) is 0 Å². The second-order valence-corrected chi connectivity index (χ2v) is 7.22. The molecule has 1 aliphatic carbocycles. The minimum absolute atomic E-state index is 0.178. The first-order chi connectivity index (χ1) is 9.09. The molecule has 1 aliphatic rings. The minimum atomic E-state index is -0.486. The molecule has 0 saturated heterocycles. The standard InChI is InChI=1S/C16H28O4/c1-7-8-9-19-13(17)11-10-12(16(11,5)6)14(18)20-15(2,3)4/h11-12H,7-10H2,1-6H3/t11-,12+/m0/s1. The molecule has 0 aromatic heterocycles. The predicted octanol–water partition coefficient (Wildman–Crippen LogP) is 3.33. The van der Waals surface area contributed by atoms with E-state index in [1.54, 1.807) is 0 Å². The van der Waals surface area contributed by atoms with Crippen molar-refractivity contribution in [2.45, 2.75) is 66.4 Å². The highest BCUT2D eigenvalue weighted by molar-refractivity contribution is 5.82. The summed E-state index contributed by atoms with van der Waals surface area (Å²) in [7, 11) is 0. The van der Waals surface area contributed by atoms with Crippen LogP contribution in [0.1, 0.15) is 60.8 Å². The van der Waals surface area contributed by atoms with Gasteiger partial charge >= 0.3 is 11.9 Å². The van der Waals surface area contributed by atoms with E-state index in [0.717, 1.165) is 12.8 Å². The Labute approximate surface area is 122 Å². The van der Waals surface area contributed by atoms with Crippen LogP contribution in [0.5, 0.6) is 0 Å². The third-order valence-electron chi connectivity index (χ3n) is 3.99. The van der Waals surface area contributed by atoms with Crippen molar-refractivity contribution in [1.82, 2.24) is 0 Å². The lowest BCUT2D eigenvalue weighted by Crippen LogP contribution is -2.54. The number of unbranched alkanes of at least 4 members (excludes halogenated alkanes) is 1. The Hall–Kier alpha value is -1.06. The Kier molecular flexibility index (Phi) is 5.22. The number of rotatable bonds is 5. The number of hydrogen-bond acceptors (Lipinski definition) is 4. The van der Waals surface area contributed by atoms with Crippen LogP contribution in [0.3, 0.4) is 0 Å². The third kappa shape index (κ3) is 3.97. The summed E-state index contributed by atoms with van der Waals surface area (Å²) >= 11 is 0. The van der Waals surface area contributed by atoms with Gasteiger partial charge < -0.3 is 9.47 Å². The molecular weight excluding hydrogens is 256 g/mol. The molecule has 0 N–H and O–H groups in total. The molecule has 0 amide bonds. The normalized spacial score (nSPS) is 24.7. The Balaban J connectivity index is 2.54. The molecule has 116 valence electrons. The smallest absolute Gasteiger partial charge is 0.310 e. The summed E-state index contributed by atoms with van der Waals surface area (Å²) in [6.45, 7) is 12.0. The zero-order valence-electron chi connectivity index (χ0n) is 13.6. The molecule has 0 heterocycles. The van der Waals surface area contributed by atoms with Crippen molar-refractivity contribution in [3.63, 3.8) is 0 Å². The second kappa shape index (κ2) is 6.15. The molecule has 0 unspecified atom stereocenters. The van der Waals surface area contributed by atoms with Gasteiger partial charge in [0.05, 0.1) is 18.4 Å². The van der Waals surface area contributed by atoms with E-state index >= 15 is 0 Å². The van der Waals surface area contributed by atoms with E-state index in [-0.39, 0.29) is 29.2 Å². The SMILES string of the molecule is CCCCOC(=O)[C@@H]1C[C@H](C(=O)OC(C)(C)C)C1(C)C. The summed E-state index contributed by atoms with van der Waals surface area (Å²) in [5.41, 5.74) is -0.870. The Morgan fingerprint density at radius 3 is 2.15 bits per heavy atom. The highest BCUT2D eigenvalue weighted by Gasteiger charge is 2.56. The van der Waals surface area contributed by atoms with Crippen molar-refractivity contribution in [3.05, 3.63) is 0 Å². The summed E-state index contributed by atoms with van der Waals surface area (Å²) in [6.07, 6.45) is 2.42. The van der Waals surface area contributed by atoms with Crippen LogP contribution in [0.15, 0.2) is 0 Å². The van der Waals surface area contributed by atoms with Crippen molar-refractivity contribution < 1.29 is 19.1 Å². The van der Waals surface area contributed by atoms with Crippen LogP contribution >= 0.6 is 0 Å². The lowest BCUT2D eigenvalue weighted by molar-refractivity contribution is -0.185. The van der Waals surface area contributed by atoms with E-state index in [1.807, 2.05) is 34.6 Å². The van der Waals surface area contributed by atoms with Crippen LogP contribution in [0.2, 0.25) is 0 Å². The lowest BCUT2D eigenvalue weighted by Gasteiger charge is -2.49.